The number of carbonyl (C=O) groups excluding carboxylic acids is 1. The number of rotatable bonds is 7. The second kappa shape index (κ2) is 9.25. The van der Waals surface area contributed by atoms with Crippen LogP contribution in [0.3, 0.4) is 0 Å². The van der Waals surface area contributed by atoms with Crippen molar-refractivity contribution in [3.63, 3.8) is 0 Å². The predicted molar refractivity (Wildman–Crippen MR) is 109 cm³/mol. The van der Waals surface area contributed by atoms with E-state index in [-0.39, 0.29) is 18.5 Å². The minimum Gasteiger partial charge on any atom is -0.496 e. The van der Waals surface area contributed by atoms with Gasteiger partial charge in [0.25, 0.3) is 0 Å². The summed E-state index contributed by atoms with van der Waals surface area (Å²) < 4.78 is 10.9. The Morgan fingerprint density at radius 2 is 2.04 bits per heavy atom. The molecule has 1 aliphatic carbocycles. The molecule has 0 radical (unpaired) electrons. The maximum atomic E-state index is 12.9. The van der Waals surface area contributed by atoms with E-state index in [4.69, 9.17) is 9.47 Å². The molecule has 0 aromatic heterocycles. The van der Waals surface area contributed by atoms with Gasteiger partial charge in [-0.15, -0.1) is 0 Å². The van der Waals surface area contributed by atoms with Gasteiger partial charge in [0.05, 0.1) is 31.9 Å². The molecule has 3 rings (SSSR count). The first-order valence-corrected chi connectivity index (χ1v) is 10.4. The summed E-state index contributed by atoms with van der Waals surface area (Å²) in [5.74, 6) is 0.942. The standard InChI is InChI=1S/C22H34N2O4/c1-16-11-18-17(12-20(16)28-3)7-10-24(19(18)14-27-2)21(25)13-23-15-22(26)8-5-4-6-9-22/h11-12,19,23,26H,4-10,13-15H2,1-3H3. The van der Waals surface area contributed by atoms with Crippen molar-refractivity contribution in [2.45, 2.75) is 57.1 Å². The highest BCUT2D eigenvalue weighted by molar-refractivity contribution is 5.79. The fourth-order valence-corrected chi connectivity index (χ4v) is 4.59. The minimum atomic E-state index is -0.660. The van der Waals surface area contributed by atoms with E-state index in [0.29, 0.717) is 19.7 Å². The molecule has 1 unspecified atom stereocenters. The van der Waals surface area contributed by atoms with E-state index in [1.54, 1.807) is 14.2 Å². The Morgan fingerprint density at radius 3 is 2.71 bits per heavy atom. The maximum absolute atomic E-state index is 12.9. The molecule has 0 bridgehead atoms. The van der Waals surface area contributed by atoms with Crippen molar-refractivity contribution >= 4 is 5.91 Å². The van der Waals surface area contributed by atoms with Crippen molar-refractivity contribution in [2.75, 3.05) is 40.5 Å². The molecule has 0 spiro atoms. The van der Waals surface area contributed by atoms with E-state index in [1.807, 2.05) is 11.8 Å². The van der Waals surface area contributed by atoms with Crippen molar-refractivity contribution in [1.29, 1.82) is 0 Å². The summed E-state index contributed by atoms with van der Waals surface area (Å²) >= 11 is 0. The van der Waals surface area contributed by atoms with Gasteiger partial charge in [-0.3, -0.25) is 4.79 Å². The fourth-order valence-electron chi connectivity index (χ4n) is 4.59. The van der Waals surface area contributed by atoms with Crippen molar-refractivity contribution in [2.24, 2.45) is 0 Å². The second-order valence-electron chi connectivity index (χ2n) is 8.22. The Labute approximate surface area is 168 Å². The molecule has 28 heavy (non-hydrogen) atoms. The number of amides is 1. The number of methoxy groups -OCH3 is 2. The smallest absolute Gasteiger partial charge is 0.237 e. The number of nitrogens with zero attached hydrogens (tertiary/aromatic N) is 1. The lowest BCUT2D eigenvalue weighted by atomic mass is 9.85. The molecule has 1 saturated carbocycles. The molecule has 6 nitrogen and oxygen atoms in total. The van der Waals surface area contributed by atoms with Crippen LogP contribution in [0.5, 0.6) is 5.75 Å². The number of nitrogens with one attached hydrogen (secondary N) is 1. The quantitative estimate of drug-likeness (QED) is 0.748. The zero-order valence-electron chi connectivity index (χ0n) is 17.4. The Bertz CT molecular complexity index is 685. The van der Waals surface area contributed by atoms with Gasteiger partial charge < -0.3 is 24.8 Å². The lowest BCUT2D eigenvalue weighted by Gasteiger charge is -2.38. The zero-order valence-corrected chi connectivity index (χ0v) is 17.4. The molecule has 1 atom stereocenters. The highest BCUT2D eigenvalue weighted by Crippen LogP contribution is 2.34. The van der Waals surface area contributed by atoms with Gasteiger partial charge in [0, 0.05) is 20.2 Å². The molecule has 1 aliphatic heterocycles. The van der Waals surface area contributed by atoms with Gasteiger partial charge in [-0.1, -0.05) is 19.3 Å². The third-order valence-corrected chi connectivity index (χ3v) is 6.17. The van der Waals surface area contributed by atoms with Crippen LogP contribution in [0.4, 0.5) is 0 Å². The molecule has 0 saturated heterocycles. The molecule has 1 aromatic carbocycles. The number of aliphatic hydroxyl groups is 1. The topological polar surface area (TPSA) is 71.0 Å². The van der Waals surface area contributed by atoms with E-state index >= 15 is 0 Å². The van der Waals surface area contributed by atoms with Crippen LogP contribution in [-0.2, 0) is 16.0 Å². The maximum Gasteiger partial charge on any atom is 0.237 e. The van der Waals surface area contributed by atoms with Crippen molar-refractivity contribution in [1.82, 2.24) is 10.2 Å². The molecule has 6 heteroatoms. The minimum absolute atomic E-state index is 0.0561. The first-order valence-electron chi connectivity index (χ1n) is 10.4. The molecule has 1 heterocycles. The van der Waals surface area contributed by atoms with E-state index in [0.717, 1.165) is 49.0 Å². The third-order valence-electron chi connectivity index (χ3n) is 6.17. The summed E-state index contributed by atoms with van der Waals surface area (Å²) in [7, 11) is 3.36. The van der Waals surface area contributed by atoms with Crippen LogP contribution < -0.4 is 10.1 Å². The average molecular weight is 391 g/mol. The van der Waals surface area contributed by atoms with Crippen molar-refractivity contribution in [3.8, 4) is 5.75 Å². The molecular weight excluding hydrogens is 356 g/mol. The Morgan fingerprint density at radius 1 is 1.29 bits per heavy atom. The molecule has 2 aliphatic rings. The monoisotopic (exact) mass is 390 g/mol. The first-order chi connectivity index (χ1) is 13.5. The van der Waals surface area contributed by atoms with Crippen LogP contribution in [-0.4, -0.2) is 62.0 Å². The van der Waals surface area contributed by atoms with E-state index in [2.05, 4.69) is 17.4 Å². The van der Waals surface area contributed by atoms with Gasteiger partial charge in [0.15, 0.2) is 0 Å². The number of carbonyl (C=O) groups is 1. The largest absolute Gasteiger partial charge is 0.496 e. The lowest BCUT2D eigenvalue weighted by Crippen LogP contribution is -2.48. The number of benzene rings is 1. The number of hydrogen-bond acceptors (Lipinski definition) is 5. The highest BCUT2D eigenvalue weighted by Gasteiger charge is 2.33. The molecule has 1 aromatic rings. The Kier molecular flexibility index (Phi) is 6.96. The number of fused-ring (bicyclic) bond motifs is 1. The van der Waals surface area contributed by atoms with Crippen LogP contribution in [0, 0.1) is 6.92 Å². The molecular formula is C22H34N2O4. The van der Waals surface area contributed by atoms with Gasteiger partial charge in [-0.25, -0.2) is 0 Å². The summed E-state index contributed by atoms with van der Waals surface area (Å²) in [6.45, 7) is 3.88. The average Bonchev–Trinajstić information content (AvgIpc) is 2.68. The number of aryl methyl sites for hydroxylation is 1. The SMILES string of the molecule is COCC1c2cc(C)c(OC)cc2CCN1C(=O)CNCC1(O)CCCCC1. The van der Waals surface area contributed by atoms with Crippen LogP contribution in [0.2, 0.25) is 0 Å². The summed E-state index contributed by atoms with van der Waals surface area (Å²) in [6.07, 6.45) is 5.76. The first kappa shape index (κ1) is 21.1. The Hall–Kier alpha value is -1.63. The van der Waals surface area contributed by atoms with Gasteiger partial charge in [-0.2, -0.15) is 0 Å². The normalized spacial score (nSPS) is 21.3. The van der Waals surface area contributed by atoms with Gasteiger partial charge >= 0.3 is 0 Å². The molecule has 1 fully saturated rings. The molecule has 2 N–H and O–H groups in total. The summed E-state index contributed by atoms with van der Waals surface area (Å²) in [6, 6.07) is 4.12. The predicted octanol–water partition coefficient (Wildman–Crippen LogP) is 2.36. The molecule has 1 amide bonds. The van der Waals surface area contributed by atoms with Gasteiger partial charge in [0.1, 0.15) is 5.75 Å². The van der Waals surface area contributed by atoms with Crippen LogP contribution in [0.15, 0.2) is 12.1 Å². The Balaban J connectivity index is 1.67. The summed E-state index contributed by atoms with van der Waals surface area (Å²) in [4.78, 5) is 14.9. The zero-order chi connectivity index (χ0) is 20.1. The number of hydrogen-bond donors (Lipinski definition) is 2. The van der Waals surface area contributed by atoms with Gasteiger partial charge in [-0.05, 0) is 55.0 Å². The van der Waals surface area contributed by atoms with Crippen LogP contribution in [0.25, 0.3) is 0 Å². The summed E-state index contributed by atoms with van der Waals surface area (Å²) in [5, 5.41) is 13.8. The fraction of sp³-hybridized carbons (Fsp3) is 0.682. The van der Waals surface area contributed by atoms with Crippen LogP contribution in [0.1, 0.15) is 54.8 Å². The third kappa shape index (κ3) is 4.67. The van der Waals surface area contributed by atoms with Crippen molar-refractivity contribution < 1.29 is 19.4 Å². The van der Waals surface area contributed by atoms with Gasteiger partial charge in [0.2, 0.25) is 5.91 Å². The van der Waals surface area contributed by atoms with E-state index in [1.165, 1.54) is 12.0 Å². The second-order valence-corrected chi connectivity index (χ2v) is 8.22. The highest BCUT2D eigenvalue weighted by atomic mass is 16.5. The van der Waals surface area contributed by atoms with E-state index < -0.39 is 5.60 Å². The lowest BCUT2D eigenvalue weighted by molar-refractivity contribution is -0.134. The summed E-state index contributed by atoms with van der Waals surface area (Å²) in [5.41, 5.74) is 2.77. The van der Waals surface area contributed by atoms with E-state index in [9.17, 15) is 9.90 Å². The molecule has 156 valence electrons. The van der Waals surface area contributed by atoms with Crippen molar-refractivity contribution in [3.05, 3.63) is 28.8 Å². The number of ether oxygens (including phenoxy) is 2. The van der Waals surface area contributed by atoms with Crippen LogP contribution >= 0.6 is 0 Å².